The lowest BCUT2D eigenvalue weighted by Crippen LogP contribution is -2.50. The van der Waals surface area contributed by atoms with E-state index < -0.39 is 0 Å². The first-order chi connectivity index (χ1) is 17.4. The van der Waals surface area contributed by atoms with Gasteiger partial charge in [0.25, 0.3) is 0 Å². The summed E-state index contributed by atoms with van der Waals surface area (Å²) in [7, 11) is 0. The van der Waals surface area contributed by atoms with Crippen LogP contribution in [0.3, 0.4) is 0 Å². The molecule has 2 heterocycles. The molecule has 0 radical (unpaired) electrons. The largest absolute Gasteiger partial charge is 0.508 e. The van der Waals surface area contributed by atoms with Crippen LogP contribution in [0.15, 0.2) is 66.7 Å². The molecule has 1 fully saturated rings. The number of phenolic OH excluding ortho intramolecular Hbond substituents is 2. The maximum atomic E-state index is 10.1. The summed E-state index contributed by atoms with van der Waals surface area (Å²) in [5, 5.41) is 20.2. The van der Waals surface area contributed by atoms with Crippen LogP contribution in [-0.2, 0) is 4.74 Å². The van der Waals surface area contributed by atoms with Crippen molar-refractivity contribution in [3.8, 4) is 23.0 Å². The number of morpholine rings is 1. The molecule has 1 unspecified atom stereocenters. The van der Waals surface area contributed by atoms with Crippen molar-refractivity contribution in [2.24, 2.45) is 0 Å². The maximum Gasteiger partial charge on any atom is 0.150 e. The minimum absolute atomic E-state index is 0.188. The van der Waals surface area contributed by atoms with Gasteiger partial charge in [0, 0.05) is 29.8 Å². The third-order valence-electron chi connectivity index (χ3n) is 7.09. The molecule has 2 aliphatic rings. The molecule has 3 aromatic rings. The number of rotatable bonds is 6. The number of benzene rings is 3. The Kier molecular flexibility index (Phi) is 6.90. The Morgan fingerprint density at radius 1 is 1.03 bits per heavy atom. The van der Waals surface area contributed by atoms with Gasteiger partial charge in [0.15, 0.2) is 0 Å². The van der Waals surface area contributed by atoms with Crippen LogP contribution >= 0.6 is 0 Å². The van der Waals surface area contributed by atoms with E-state index in [2.05, 4.69) is 18.7 Å². The predicted molar refractivity (Wildman–Crippen MR) is 140 cm³/mol. The second-order valence-electron chi connectivity index (χ2n) is 9.66. The SMILES string of the molecule is CC1=C(c2cccc(O)c2)C(c2ccc(OC[C@H](C)N3CCOC[C@H]3C)cc2)Oc2ccc(O)cc21. The average Bonchev–Trinajstić information content (AvgIpc) is 2.88. The van der Waals surface area contributed by atoms with Crippen LogP contribution in [0.1, 0.15) is 43.6 Å². The van der Waals surface area contributed by atoms with Crippen LogP contribution in [0, 0.1) is 0 Å². The topological polar surface area (TPSA) is 71.4 Å². The molecule has 0 bridgehead atoms. The molecule has 6 nitrogen and oxygen atoms in total. The second-order valence-corrected chi connectivity index (χ2v) is 9.66. The van der Waals surface area contributed by atoms with Crippen molar-refractivity contribution in [1.29, 1.82) is 0 Å². The molecule has 2 aliphatic heterocycles. The number of hydrogen-bond acceptors (Lipinski definition) is 6. The summed E-state index contributed by atoms with van der Waals surface area (Å²) in [6.45, 7) is 9.46. The summed E-state index contributed by atoms with van der Waals surface area (Å²) in [6, 6.07) is 21.1. The lowest BCUT2D eigenvalue weighted by atomic mass is 9.86. The van der Waals surface area contributed by atoms with Gasteiger partial charge in [-0.1, -0.05) is 24.3 Å². The fraction of sp³-hybridized carbons (Fsp3) is 0.333. The molecule has 0 amide bonds. The number of nitrogens with zero attached hydrogens (tertiary/aromatic N) is 1. The fourth-order valence-electron chi connectivity index (χ4n) is 5.16. The van der Waals surface area contributed by atoms with Gasteiger partial charge in [0.1, 0.15) is 35.7 Å². The first-order valence-corrected chi connectivity index (χ1v) is 12.5. The maximum absolute atomic E-state index is 10.1. The van der Waals surface area contributed by atoms with Crippen molar-refractivity contribution >= 4 is 11.1 Å². The zero-order valence-electron chi connectivity index (χ0n) is 21.0. The first-order valence-electron chi connectivity index (χ1n) is 12.5. The van der Waals surface area contributed by atoms with E-state index in [9.17, 15) is 10.2 Å². The molecule has 5 rings (SSSR count). The Morgan fingerprint density at radius 3 is 2.56 bits per heavy atom. The smallest absolute Gasteiger partial charge is 0.150 e. The summed E-state index contributed by atoms with van der Waals surface area (Å²) in [5.74, 6) is 1.91. The average molecular weight is 488 g/mol. The monoisotopic (exact) mass is 487 g/mol. The normalized spacial score (nSPS) is 21.0. The highest BCUT2D eigenvalue weighted by Gasteiger charge is 2.30. The van der Waals surface area contributed by atoms with E-state index in [0.717, 1.165) is 53.3 Å². The summed E-state index contributed by atoms with van der Waals surface area (Å²) >= 11 is 0. The zero-order chi connectivity index (χ0) is 25.2. The van der Waals surface area contributed by atoms with Gasteiger partial charge in [-0.15, -0.1) is 0 Å². The number of phenols is 2. The molecule has 0 spiro atoms. The van der Waals surface area contributed by atoms with Crippen LogP contribution < -0.4 is 9.47 Å². The molecule has 6 heteroatoms. The molecular weight excluding hydrogens is 454 g/mol. The van der Waals surface area contributed by atoms with Gasteiger partial charge in [-0.25, -0.2) is 0 Å². The minimum Gasteiger partial charge on any atom is -0.508 e. The van der Waals surface area contributed by atoms with E-state index in [1.807, 2.05) is 43.3 Å². The van der Waals surface area contributed by atoms with Crippen molar-refractivity contribution in [3.63, 3.8) is 0 Å². The van der Waals surface area contributed by atoms with Crippen LogP contribution in [0.5, 0.6) is 23.0 Å². The predicted octanol–water partition coefficient (Wildman–Crippen LogP) is 5.65. The number of fused-ring (bicyclic) bond motifs is 1. The molecule has 3 aromatic carbocycles. The van der Waals surface area contributed by atoms with E-state index in [1.54, 1.807) is 30.3 Å². The quantitative estimate of drug-likeness (QED) is 0.468. The van der Waals surface area contributed by atoms with Crippen molar-refractivity contribution in [1.82, 2.24) is 4.90 Å². The summed E-state index contributed by atoms with van der Waals surface area (Å²) < 4.78 is 18.2. The van der Waals surface area contributed by atoms with Crippen LogP contribution in [-0.4, -0.2) is 53.6 Å². The third-order valence-corrected chi connectivity index (χ3v) is 7.09. The molecule has 36 heavy (non-hydrogen) atoms. The zero-order valence-corrected chi connectivity index (χ0v) is 21.0. The minimum atomic E-state index is -0.369. The van der Waals surface area contributed by atoms with Crippen molar-refractivity contribution in [3.05, 3.63) is 83.4 Å². The molecule has 188 valence electrons. The molecule has 0 aliphatic carbocycles. The number of aromatic hydroxyl groups is 2. The highest BCUT2D eigenvalue weighted by atomic mass is 16.5. The molecular formula is C30H33NO5. The molecule has 0 saturated carbocycles. The number of ether oxygens (including phenoxy) is 3. The van der Waals surface area contributed by atoms with Crippen molar-refractivity contribution in [2.45, 2.75) is 39.0 Å². The first kappa shape index (κ1) is 24.2. The van der Waals surface area contributed by atoms with Crippen LogP contribution in [0.2, 0.25) is 0 Å². The van der Waals surface area contributed by atoms with Gasteiger partial charge in [0.05, 0.1) is 13.2 Å². The molecule has 2 N–H and O–H groups in total. The van der Waals surface area contributed by atoms with E-state index in [-0.39, 0.29) is 17.6 Å². The number of allylic oxidation sites excluding steroid dienone is 1. The summed E-state index contributed by atoms with van der Waals surface area (Å²) in [6.07, 6.45) is -0.369. The lowest BCUT2D eigenvalue weighted by Gasteiger charge is -2.37. The number of hydrogen-bond donors (Lipinski definition) is 2. The summed E-state index contributed by atoms with van der Waals surface area (Å²) in [4.78, 5) is 2.43. The van der Waals surface area contributed by atoms with Gasteiger partial charge in [0.2, 0.25) is 0 Å². The third kappa shape index (κ3) is 4.92. The highest BCUT2D eigenvalue weighted by Crippen LogP contribution is 2.47. The summed E-state index contributed by atoms with van der Waals surface area (Å²) in [5.41, 5.74) is 4.65. The van der Waals surface area contributed by atoms with Gasteiger partial charge >= 0.3 is 0 Å². The molecule has 3 atom stereocenters. The van der Waals surface area contributed by atoms with E-state index in [0.29, 0.717) is 24.4 Å². The molecule has 0 aromatic heterocycles. The Bertz CT molecular complexity index is 1250. The van der Waals surface area contributed by atoms with E-state index in [4.69, 9.17) is 14.2 Å². The van der Waals surface area contributed by atoms with Gasteiger partial charge in [-0.3, -0.25) is 4.90 Å². The van der Waals surface area contributed by atoms with E-state index in [1.165, 1.54) is 0 Å². The van der Waals surface area contributed by atoms with Crippen LogP contribution in [0.25, 0.3) is 11.1 Å². The Morgan fingerprint density at radius 2 is 1.81 bits per heavy atom. The second kappa shape index (κ2) is 10.2. The fourth-order valence-corrected chi connectivity index (χ4v) is 5.16. The Hall–Kier alpha value is -3.48. The highest BCUT2D eigenvalue weighted by molar-refractivity contribution is 5.95. The van der Waals surface area contributed by atoms with Gasteiger partial charge < -0.3 is 24.4 Å². The van der Waals surface area contributed by atoms with Crippen molar-refractivity contribution < 1.29 is 24.4 Å². The van der Waals surface area contributed by atoms with Gasteiger partial charge in [-0.05, 0) is 79.9 Å². The van der Waals surface area contributed by atoms with E-state index >= 15 is 0 Å². The Balaban J connectivity index is 1.40. The van der Waals surface area contributed by atoms with Gasteiger partial charge in [-0.2, -0.15) is 0 Å². The van der Waals surface area contributed by atoms with Crippen molar-refractivity contribution in [2.75, 3.05) is 26.4 Å². The Labute approximate surface area is 212 Å². The molecule has 1 saturated heterocycles. The standard InChI is InChI=1S/C30H33NO5/c1-19-17-34-14-13-31(19)20(2)18-35-26-10-7-22(8-11-26)30-29(23-5-4-6-24(32)15-23)21(3)27-16-25(33)9-12-28(27)36-30/h4-12,15-16,19-20,30,32-33H,13-14,17-18H2,1-3H3/t19-,20+,30?/m1/s1. The van der Waals surface area contributed by atoms with Crippen LogP contribution in [0.4, 0.5) is 0 Å². The lowest BCUT2D eigenvalue weighted by molar-refractivity contribution is -0.0266.